The first-order chi connectivity index (χ1) is 21.6. The molecule has 2 aromatic carbocycles. The maximum Gasteiger partial charge on any atom is 0.270 e. The summed E-state index contributed by atoms with van der Waals surface area (Å²) in [4.78, 5) is 22.4. The maximum absolute atomic E-state index is 13.3. The number of fused-ring (bicyclic) bond motifs is 1. The van der Waals surface area contributed by atoms with Gasteiger partial charge < -0.3 is 24.2 Å². The van der Waals surface area contributed by atoms with Gasteiger partial charge >= 0.3 is 0 Å². The van der Waals surface area contributed by atoms with Crippen molar-refractivity contribution in [3.8, 4) is 11.8 Å². The Morgan fingerprint density at radius 2 is 1.76 bits per heavy atom. The molecule has 6 rings (SSSR count). The summed E-state index contributed by atoms with van der Waals surface area (Å²) in [5.41, 5.74) is 4.28. The molecule has 0 bridgehead atoms. The minimum atomic E-state index is -1.19. The molecule has 0 saturated carbocycles. The summed E-state index contributed by atoms with van der Waals surface area (Å²) in [6.45, 7) is 10.6. The predicted molar refractivity (Wildman–Crippen MR) is 179 cm³/mol. The number of aliphatic hydroxyl groups excluding tert-OH is 1. The Morgan fingerprint density at radius 1 is 1.07 bits per heavy atom. The van der Waals surface area contributed by atoms with Crippen molar-refractivity contribution in [3.05, 3.63) is 87.3 Å². The SMILES string of the molecule is Cn1c(N2CCC3(CC2)Cc2ccccc2[C@H]3N[S+]([O-])C(C)(C)C)ncc(C#CC(O)c2ccc(N3CCOCC3)cc2)c1=O. The summed E-state index contributed by atoms with van der Waals surface area (Å²) in [6.07, 6.45) is 3.21. The molecule has 1 spiro atoms. The molecule has 3 atom stereocenters. The van der Waals surface area contributed by atoms with E-state index in [0.717, 1.165) is 51.1 Å². The van der Waals surface area contributed by atoms with Crippen molar-refractivity contribution in [2.45, 2.75) is 56.9 Å². The molecule has 2 saturated heterocycles. The van der Waals surface area contributed by atoms with Crippen LogP contribution in [-0.4, -0.2) is 63.4 Å². The third-order valence-corrected chi connectivity index (χ3v) is 11.0. The Hall–Kier alpha value is -3.33. The average Bonchev–Trinajstić information content (AvgIpc) is 3.34. The average molecular weight is 630 g/mol. The molecule has 2 aliphatic heterocycles. The lowest BCUT2D eigenvalue weighted by Crippen LogP contribution is -2.50. The highest BCUT2D eigenvalue weighted by molar-refractivity contribution is 7.90. The molecule has 2 unspecified atom stereocenters. The van der Waals surface area contributed by atoms with Crippen LogP contribution in [0.3, 0.4) is 0 Å². The van der Waals surface area contributed by atoms with E-state index in [0.29, 0.717) is 24.7 Å². The van der Waals surface area contributed by atoms with Gasteiger partial charge in [0.15, 0.2) is 0 Å². The number of aliphatic hydroxyl groups is 1. The Bertz CT molecular complexity index is 1630. The first-order valence-electron chi connectivity index (χ1n) is 15.7. The van der Waals surface area contributed by atoms with E-state index >= 15 is 0 Å². The topological polar surface area (TPSA) is 106 Å². The molecule has 238 valence electrons. The number of nitrogens with zero attached hydrogens (tertiary/aromatic N) is 4. The molecular weight excluding hydrogens is 586 g/mol. The van der Waals surface area contributed by atoms with Crippen molar-refractivity contribution in [1.82, 2.24) is 14.3 Å². The highest BCUT2D eigenvalue weighted by atomic mass is 32.2. The van der Waals surface area contributed by atoms with Crippen LogP contribution in [0.2, 0.25) is 0 Å². The van der Waals surface area contributed by atoms with Crippen LogP contribution in [0.1, 0.15) is 68.0 Å². The second-order valence-electron chi connectivity index (χ2n) is 13.4. The number of rotatable bonds is 5. The van der Waals surface area contributed by atoms with Crippen molar-refractivity contribution in [1.29, 1.82) is 0 Å². The molecule has 0 radical (unpaired) electrons. The van der Waals surface area contributed by atoms with Gasteiger partial charge in [0.1, 0.15) is 16.4 Å². The van der Waals surface area contributed by atoms with Gasteiger partial charge in [-0.3, -0.25) is 9.36 Å². The quantitative estimate of drug-likeness (QED) is 0.326. The highest BCUT2D eigenvalue weighted by Gasteiger charge is 2.50. The van der Waals surface area contributed by atoms with Crippen LogP contribution in [0.4, 0.5) is 11.6 Å². The van der Waals surface area contributed by atoms with Gasteiger partial charge in [0.05, 0.1) is 25.5 Å². The fourth-order valence-electron chi connectivity index (χ4n) is 6.71. The van der Waals surface area contributed by atoms with E-state index in [-0.39, 0.29) is 27.3 Å². The van der Waals surface area contributed by atoms with Crippen LogP contribution in [0, 0.1) is 17.3 Å². The van der Waals surface area contributed by atoms with E-state index in [9.17, 15) is 14.5 Å². The van der Waals surface area contributed by atoms with E-state index in [1.165, 1.54) is 17.3 Å². The third kappa shape index (κ3) is 6.51. The Balaban J connectivity index is 1.14. The number of nitrogens with one attached hydrogen (secondary N) is 1. The summed E-state index contributed by atoms with van der Waals surface area (Å²) >= 11 is -1.19. The second kappa shape index (κ2) is 12.8. The number of morpholine rings is 1. The van der Waals surface area contributed by atoms with E-state index in [1.807, 2.05) is 45.0 Å². The van der Waals surface area contributed by atoms with Crippen molar-refractivity contribution >= 4 is 23.0 Å². The van der Waals surface area contributed by atoms with Gasteiger partial charge in [-0.05, 0) is 68.9 Å². The lowest BCUT2D eigenvalue weighted by atomic mass is 9.73. The Kier molecular flexibility index (Phi) is 9.01. The number of anilines is 2. The van der Waals surface area contributed by atoms with E-state index < -0.39 is 17.5 Å². The largest absolute Gasteiger partial charge is 0.598 e. The summed E-state index contributed by atoms with van der Waals surface area (Å²) < 4.78 is 23.3. The molecule has 9 nitrogen and oxygen atoms in total. The van der Waals surface area contributed by atoms with Crippen LogP contribution in [-0.2, 0) is 29.6 Å². The van der Waals surface area contributed by atoms with Crippen molar-refractivity contribution < 1.29 is 14.4 Å². The monoisotopic (exact) mass is 629 g/mol. The van der Waals surface area contributed by atoms with Gasteiger partial charge in [-0.2, -0.15) is 0 Å². The summed E-state index contributed by atoms with van der Waals surface area (Å²) in [5, 5.41) is 10.7. The molecule has 3 aliphatic rings. The molecule has 3 aromatic rings. The molecule has 45 heavy (non-hydrogen) atoms. The molecule has 2 fully saturated rings. The van der Waals surface area contributed by atoms with Gasteiger partial charge in [0.2, 0.25) is 5.95 Å². The van der Waals surface area contributed by atoms with Crippen LogP contribution in [0.25, 0.3) is 0 Å². The normalized spacial score (nSPS) is 20.8. The first-order valence-corrected chi connectivity index (χ1v) is 16.9. The number of ether oxygens (including phenoxy) is 1. The first kappa shape index (κ1) is 31.6. The Morgan fingerprint density at radius 3 is 2.44 bits per heavy atom. The van der Waals surface area contributed by atoms with Crippen LogP contribution >= 0.6 is 0 Å². The lowest BCUT2D eigenvalue weighted by molar-refractivity contribution is 0.122. The third-order valence-electron chi connectivity index (χ3n) is 9.42. The summed E-state index contributed by atoms with van der Waals surface area (Å²) in [5.74, 6) is 6.30. The molecule has 1 aromatic heterocycles. The molecule has 0 amide bonds. The molecule has 2 N–H and O–H groups in total. The maximum atomic E-state index is 13.3. The number of hydrogen-bond acceptors (Lipinski definition) is 8. The predicted octanol–water partition coefficient (Wildman–Crippen LogP) is 3.64. The van der Waals surface area contributed by atoms with E-state index in [2.05, 4.69) is 55.6 Å². The number of piperidine rings is 1. The van der Waals surface area contributed by atoms with Crippen molar-refractivity contribution in [3.63, 3.8) is 0 Å². The summed E-state index contributed by atoms with van der Waals surface area (Å²) in [6, 6.07) is 16.2. The fourth-order valence-corrected chi connectivity index (χ4v) is 7.66. The zero-order valence-corrected chi connectivity index (χ0v) is 27.4. The summed E-state index contributed by atoms with van der Waals surface area (Å²) in [7, 11) is 1.73. The standard InChI is InChI=1S/C35H43N5O4S/c1-34(2,3)45(43)37-31-29-8-6-5-7-26(29)23-35(31)15-17-40(18-16-35)33-36-24-27(32(42)38(33)4)11-14-30(41)25-9-12-28(13-10-25)39-19-21-44-22-20-39/h5-10,12-13,24,30-31,37,41H,15-23H2,1-4H3/t30?,31-,45?/m1/s1. The molecule has 3 heterocycles. The van der Waals surface area contributed by atoms with Gasteiger partial charge in [0.25, 0.3) is 5.56 Å². The van der Waals surface area contributed by atoms with Crippen molar-refractivity contribution in [2.24, 2.45) is 12.5 Å². The molecular formula is C35H43N5O4S. The van der Waals surface area contributed by atoms with Crippen LogP contribution < -0.4 is 20.1 Å². The molecule has 10 heteroatoms. The van der Waals surface area contributed by atoms with Crippen molar-refractivity contribution in [2.75, 3.05) is 49.2 Å². The highest BCUT2D eigenvalue weighted by Crippen LogP contribution is 2.52. The Labute approximate surface area is 268 Å². The fraction of sp³-hybridized carbons (Fsp3) is 0.486. The van der Waals surface area contributed by atoms with E-state index in [1.54, 1.807) is 11.6 Å². The number of hydrogen-bond donors (Lipinski definition) is 2. The van der Waals surface area contributed by atoms with Gasteiger partial charge in [0, 0.05) is 55.7 Å². The minimum Gasteiger partial charge on any atom is -0.598 e. The van der Waals surface area contributed by atoms with E-state index in [4.69, 9.17) is 4.74 Å². The zero-order valence-electron chi connectivity index (χ0n) is 26.6. The van der Waals surface area contributed by atoms with Crippen LogP contribution in [0.15, 0.2) is 59.5 Å². The van der Waals surface area contributed by atoms with Gasteiger partial charge in [-0.15, -0.1) is 4.72 Å². The zero-order chi connectivity index (χ0) is 31.8. The lowest BCUT2D eigenvalue weighted by Gasteiger charge is -2.44. The van der Waals surface area contributed by atoms with Gasteiger partial charge in [-0.1, -0.05) is 48.2 Å². The smallest absolute Gasteiger partial charge is 0.270 e. The van der Waals surface area contributed by atoms with Crippen LogP contribution in [0.5, 0.6) is 0 Å². The number of benzene rings is 2. The second-order valence-corrected chi connectivity index (χ2v) is 15.4. The minimum absolute atomic E-state index is 0.00679. The number of aromatic nitrogens is 2. The molecule has 1 aliphatic carbocycles. The van der Waals surface area contributed by atoms with Gasteiger partial charge in [-0.25, -0.2) is 4.98 Å².